The summed E-state index contributed by atoms with van der Waals surface area (Å²) in [5, 5.41) is 18.6. The Balaban J connectivity index is 2.21. The molecule has 2 aliphatic rings. The normalized spacial score (nSPS) is 10.8. The van der Waals surface area contributed by atoms with Crippen LogP contribution in [0.3, 0.4) is 0 Å². The van der Waals surface area contributed by atoms with Gasteiger partial charge in [0.15, 0.2) is 5.75 Å². The van der Waals surface area contributed by atoms with Gasteiger partial charge in [0.1, 0.15) is 12.0 Å². The molecule has 0 aromatic heterocycles. The average molecular weight is 268 g/mol. The van der Waals surface area contributed by atoms with Gasteiger partial charge in [0.2, 0.25) is 0 Å². The molecule has 0 bridgehead atoms. The largest absolute Gasteiger partial charge is 0.505 e. The number of hydrogen-bond acceptors (Lipinski definition) is 3. The molecular formula is C16H12O4. The van der Waals surface area contributed by atoms with Crippen molar-refractivity contribution in [3.63, 3.8) is 0 Å². The predicted octanol–water partition coefficient (Wildman–Crippen LogP) is 3.38. The van der Waals surface area contributed by atoms with Crippen molar-refractivity contribution in [2.45, 2.75) is 6.42 Å². The molecule has 3 rings (SSSR count). The lowest BCUT2D eigenvalue weighted by Gasteiger charge is -2.04. The van der Waals surface area contributed by atoms with Gasteiger partial charge >= 0.3 is 5.97 Å². The number of carbonyl (C=O) groups is 1. The van der Waals surface area contributed by atoms with E-state index >= 15 is 0 Å². The van der Waals surface area contributed by atoms with Crippen LogP contribution in [0.4, 0.5) is 0 Å². The van der Waals surface area contributed by atoms with Crippen LogP contribution in [0, 0.1) is 0 Å². The summed E-state index contributed by atoms with van der Waals surface area (Å²) in [5.41, 5.74) is 3.13. The van der Waals surface area contributed by atoms with Crippen LogP contribution in [0.5, 0.6) is 5.75 Å². The summed E-state index contributed by atoms with van der Waals surface area (Å²) in [6.07, 6.45) is 1.10. The highest BCUT2D eigenvalue weighted by Gasteiger charge is 2.21. The topological polar surface area (TPSA) is 70.7 Å². The number of aromatic hydroxyl groups is 1. The molecule has 20 heavy (non-hydrogen) atoms. The lowest BCUT2D eigenvalue weighted by Crippen LogP contribution is -1.99. The van der Waals surface area contributed by atoms with Crippen LogP contribution >= 0.6 is 0 Å². The quantitative estimate of drug-likeness (QED) is 0.763. The fraction of sp³-hybridized carbons (Fsp3) is 0.0625. The van der Waals surface area contributed by atoms with Crippen LogP contribution in [0.15, 0.2) is 53.1 Å². The molecule has 1 aliphatic carbocycles. The molecule has 0 amide bonds. The highest BCUT2D eigenvalue weighted by Crippen LogP contribution is 2.40. The third kappa shape index (κ3) is 2.12. The number of rotatable bonds is 3. The fourth-order valence-corrected chi connectivity index (χ4v) is 2.35. The van der Waals surface area contributed by atoms with E-state index in [1.165, 1.54) is 6.26 Å². The van der Waals surface area contributed by atoms with Crippen molar-refractivity contribution in [1.29, 1.82) is 0 Å². The summed E-state index contributed by atoms with van der Waals surface area (Å²) in [5.74, 6) is -0.397. The minimum Gasteiger partial charge on any atom is -0.505 e. The molecule has 0 saturated carbocycles. The monoisotopic (exact) mass is 268 g/mol. The zero-order valence-electron chi connectivity index (χ0n) is 10.5. The van der Waals surface area contributed by atoms with E-state index in [1.54, 1.807) is 12.1 Å². The van der Waals surface area contributed by atoms with Crippen molar-refractivity contribution >= 4 is 5.97 Å². The molecule has 0 saturated heterocycles. The van der Waals surface area contributed by atoms with E-state index in [0.717, 1.165) is 11.1 Å². The van der Waals surface area contributed by atoms with Crippen molar-refractivity contribution in [2.75, 3.05) is 0 Å². The number of carboxylic acid groups (broad SMARTS) is 1. The Bertz CT molecular complexity index is 728. The lowest BCUT2D eigenvalue weighted by molar-refractivity contribution is -0.136. The van der Waals surface area contributed by atoms with E-state index in [0.29, 0.717) is 16.9 Å². The summed E-state index contributed by atoms with van der Waals surface area (Å²) in [4.78, 5) is 10.9. The Morgan fingerprint density at radius 3 is 2.55 bits per heavy atom. The van der Waals surface area contributed by atoms with Gasteiger partial charge in [0.05, 0.1) is 6.42 Å². The second-order valence-corrected chi connectivity index (χ2v) is 4.57. The smallest absolute Gasteiger partial charge is 0.307 e. The first kappa shape index (κ1) is 12.3. The van der Waals surface area contributed by atoms with E-state index < -0.39 is 5.97 Å². The van der Waals surface area contributed by atoms with Crippen LogP contribution in [-0.4, -0.2) is 16.2 Å². The van der Waals surface area contributed by atoms with Crippen LogP contribution in [0.2, 0.25) is 0 Å². The van der Waals surface area contributed by atoms with Crippen molar-refractivity contribution in [2.24, 2.45) is 0 Å². The van der Waals surface area contributed by atoms with Gasteiger partial charge in [-0.1, -0.05) is 30.3 Å². The lowest BCUT2D eigenvalue weighted by atomic mass is 10.0. The Hall–Kier alpha value is -2.75. The van der Waals surface area contributed by atoms with Crippen molar-refractivity contribution in [3.8, 4) is 28.2 Å². The van der Waals surface area contributed by atoms with Crippen molar-refractivity contribution < 1.29 is 19.4 Å². The molecule has 2 N–H and O–H groups in total. The molecule has 1 heterocycles. The first-order valence-corrected chi connectivity index (χ1v) is 6.15. The zero-order chi connectivity index (χ0) is 14.1. The SMILES string of the molecule is O=C(O)Cc1cc(-c2ccccc2)c2cc(O)coc1-2. The van der Waals surface area contributed by atoms with E-state index in [-0.39, 0.29) is 12.2 Å². The van der Waals surface area contributed by atoms with Gasteiger partial charge < -0.3 is 14.6 Å². The van der Waals surface area contributed by atoms with Gasteiger partial charge in [0.25, 0.3) is 0 Å². The van der Waals surface area contributed by atoms with Crippen LogP contribution in [0.25, 0.3) is 22.5 Å². The van der Waals surface area contributed by atoms with Crippen LogP contribution in [0.1, 0.15) is 5.56 Å². The van der Waals surface area contributed by atoms with Gasteiger partial charge in [0, 0.05) is 11.1 Å². The van der Waals surface area contributed by atoms with Gasteiger partial charge in [-0.2, -0.15) is 0 Å². The number of carboxylic acids is 1. The molecular weight excluding hydrogens is 256 g/mol. The van der Waals surface area contributed by atoms with Gasteiger partial charge in [-0.05, 0) is 23.3 Å². The van der Waals surface area contributed by atoms with Gasteiger partial charge in [-0.25, -0.2) is 0 Å². The summed E-state index contributed by atoms with van der Waals surface area (Å²) in [6, 6.07) is 13.0. The van der Waals surface area contributed by atoms with E-state index in [2.05, 4.69) is 0 Å². The Morgan fingerprint density at radius 1 is 1.10 bits per heavy atom. The minimum atomic E-state index is -0.917. The van der Waals surface area contributed by atoms with E-state index in [1.807, 2.05) is 30.3 Å². The highest BCUT2D eigenvalue weighted by molar-refractivity contribution is 5.89. The maximum Gasteiger partial charge on any atom is 0.307 e. The summed E-state index contributed by atoms with van der Waals surface area (Å²) < 4.78 is 5.36. The highest BCUT2D eigenvalue weighted by atomic mass is 16.4. The molecule has 0 fully saturated rings. The summed E-state index contributed by atoms with van der Waals surface area (Å²) in [7, 11) is 0. The second kappa shape index (κ2) is 4.74. The third-order valence-electron chi connectivity index (χ3n) is 3.16. The van der Waals surface area contributed by atoms with Gasteiger partial charge in [-0.3, -0.25) is 4.79 Å². The summed E-state index contributed by atoms with van der Waals surface area (Å²) >= 11 is 0. The van der Waals surface area contributed by atoms with Crippen molar-refractivity contribution in [3.05, 3.63) is 54.3 Å². The second-order valence-electron chi connectivity index (χ2n) is 4.57. The first-order valence-electron chi connectivity index (χ1n) is 6.15. The maximum atomic E-state index is 10.9. The number of benzene rings is 1. The average Bonchev–Trinajstić information content (AvgIpc) is 2.77. The van der Waals surface area contributed by atoms with Crippen LogP contribution in [-0.2, 0) is 11.2 Å². The number of hydrogen-bond donors (Lipinski definition) is 2. The number of aliphatic carboxylic acids is 1. The Morgan fingerprint density at radius 2 is 1.85 bits per heavy atom. The Labute approximate surface area is 115 Å². The maximum absolute atomic E-state index is 10.9. The van der Waals surface area contributed by atoms with E-state index in [4.69, 9.17) is 9.52 Å². The zero-order valence-corrected chi connectivity index (χ0v) is 10.5. The molecule has 0 unspecified atom stereocenters. The molecule has 0 radical (unpaired) electrons. The third-order valence-corrected chi connectivity index (χ3v) is 3.16. The van der Waals surface area contributed by atoms with Crippen molar-refractivity contribution in [1.82, 2.24) is 0 Å². The summed E-state index contributed by atoms with van der Waals surface area (Å²) in [6.45, 7) is 0. The molecule has 1 aromatic rings. The standard InChI is InChI=1S/C16H12O4/c17-12-8-14-13(10-4-2-1-3-5-10)6-11(7-15(18)19)16(14)20-9-12/h1-6,8-9,17H,7H2,(H,18,19). The predicted molar refractivity (Wildman–Crippen MR) is 73.8 cm³/mol. The van der Waals surface area contributed by atoms with E-state index in [9.17, 15) is 9.90 Å². The molecule has 0 spiro atoms. The molecule has 0 atom stereocenters. The molecule has 100 valence electrons. The molecule has 4 nitrogen and oxygen atoms in total. The number of fused-ring (bicyclic) bond motifs is 1. The Kier molecular flexibility index (Phi) is 2.91. The molecule has 1 aliphatic heterocycles. The molecule has 1 aromatic carbocycles. The first-order chi connectivity index (χ1) is 9.65. The molecule has 4 heteroatoms. The fourth-order valence-electron chi connectivity index (χ4n) is 2.35. The van der Waals surface area contributed by atoms with Gasteiger partial charge in [-0.15, -0.1) is 0 Å². The minimum absolute atomic E-state index is 0.0159. The van der Waals surface area contributed by atoms with Crippen LogP contribution < -0.4 is 0 Å².